The Balaban J connectivity index is 2.02. The van der Waals surface area contributed by atoms with Crippen LogP contribution in [-0.2, 0) is 17.9 Å². The van der Waals surface area contributed by atoms with Crippen molar-refractivity contribution < 1.29 is 14.1 Å². The summed E-state index contributed by atoms with van der Waals surface area (Å²) in [6.07, 6.45) is 1.42. The summed E-state index contributed by atoms with van der Waals surface area (Å²) in [5.41, 5.74) is 4.25. The van der Waals surface area contributed by atoms with Crippen LogP contribution in [-0.4, -0.2) is 31.5 Å². The number of non-ortho nitro benzene ring substituents is 1. The molecule has 2 aromatic heterocycles. The Hall–Kier alpha value is -4.16. The largest absolute Gasteiger partial charge is 0.420 e. The van der Waals surface area contributed by atoms with Gasteiger partial charge in [-0.1, -0.05) is 13.3 Å². The SMILES string of the molecule is CCCCn1c(N)c(N(CC)C(=O)Cn2c(=O)oc3cc([N+](=O)[O-])ccc32)c(=O)[nH]c1=O. The molecule has 3 aromatic rings. The second-order valence-electron chi connectivity index (χ2n) is 7.00. The van der Waals surface area contributed by atoms with Crippen LogP contribution in [0, 0.1) is 10.1 Å². The number of anilines is 2. The molecule has 0 fully saturated rings. The Labute approximate surface area is 179 Å². The van der Waals surface area contributed by atoms with Crippen molar-refractivity contribution in [3.8, 4) is 0 Å². The van der Waals surface area contributed by atoms with E-state index in [1.807, 2.05) is 6.92 Å². The molecule has 0 radical (unpaired) electrons. The number of nitrogen functional groups attached to an aromatic ring is 1. The summed E-state index contributed by atoms with van der Waals surface area (Å²) >= 11 is 0. The van der Waals surface area contributed by atoms with E-state index in [-0.39, 0.29) is 41.4 Å². The number of aromatic nitrogens is 3. The van der Waals surface area contributed by atoms with Crippen LogP contribution in [0.15, 0.2) is 37.0 Å². The number of nitrogens with one attached hydrogen (secondary N) is 1. The predicted octanol–water partition coefficient (Wildman–Crippen LogP) is 0.788. The molecule has 0 atom stereocenters. The zero-order valence-electron chi connectivity index (χ0n) is 17.5. The van der Waals surface area contributed by atoms with E-state index in [1.54, 1.807) is 6.92 Å². The van der Waals surface area contributed by atoms with Gasteiger partial charge >= 0.3 is 11.4 Å². The lowest BCUT2D eigenvalue weighted by atomic mass is 10.3. The number of nitrogens with zero attached hydrogens (tertiary/aromatic N) is 4. The summed E-state index contributed by atoms with van der Waals surface area (Å²) in [6, 6.07) is 3.57. The number of nitro groups is 1. The van der Waals surface area contributed by atoms with E-state index in [1.165, 1.54) is 16.7 Å². The Bertz CT molecular complexity index is 1360. The summed E-state index contributed by atoms with van der Waals surface area (Å²) in [4.78, 5) is 63.5. The van der Waals surface area contributed by atoms with Crippen molar-refractivity contribution in [1.82, 2.24) is 14.1 Å². The lowest BCUT2D eigenvalue weighted by Crippen LogP contribution is -2.42. The number of aromatic amines is 1. The molecule has 0 aliphatic heterocycles. The zero-order valence-corrected chi connectivity index (χ0v) is 17.5. The third-order valence-electron chi connectivity index (χ3n) is 4.99. The minimum absolute atomic E-state index is 0.0358. The van der Waals surface area contributed by atoms with Gasteiger partial charge in [-0.15, -0.1) is 0 Å². The number of nitrogens with two attached hydrogens (primary N) is 1. The fourth-order valence-electron chi connectivity index (χ4n) is 3.37. The standard InChI is InChI=1S/C19H22N6O7/c1-3-5-8-23-16(20)15(17(27)21-18(23)28)22(4-2)14(26)10-24-12-7-6-11(25(30)31)9-13(12)32-19(24)29/h6-7,9H,3-5,8,10,20H2,1-2H3,(H,21,27,28). The highest BCUT2D eigenvalue weighted by molar-refractivity contribution is 5.96. The molecule has 2 heterocycles. The zero-order chi connectivity index (χ0) is 23.6. The van der Waals surface area contributed by atoms with Crippen LogP contribution in [0.1, 0.15) is 26.7 Å². The highest BCUT2D eigenvalue weighted by Crippen LogP contribution is 2.21. The summed E-state index contributed by atoms with van der Waals surface area (Å²) in [6.45, 7) is 3.33. The Morgan fingerprint density at radius 3 is 2.59 bits per heavy atom. The van der Waals surface area contributed by atoms with Gasteiger partial charge in [-0.05, 0) is 19.4 Å². The molecular weight excluding hydrogens is 424 g/mol. The van der Waals surface area contributed by atoms with Crippen LogP contribution >= 0.6 is 0 Å². The van der Waals surface area contributed by atoms with Gasteiger partial charge in [-0.25, -0.2) is 9.59 Å². The van der Waals surface area contributed by atoms with Crippen molar-refractivity contribution in [2.45, 2.75) is 39.8 Å². The number of nitro benzene ring substituents is 1. The van der Waals surface area contributed by atoms with Crippen LogP contribution < -0.4 is 27.6 Å². The van der Waals surface area contributed by atoms with Gasteiger partial charge in [0.25, 0.3) is 11.2 Å². The molecule has 0 bridgehead atoms. The van der Waals surface area contributed by atoms with Gasteiger partial charge in [0.1, 0.15) is 12.4 Å². The molecular formula is C19H22N6O7. The lowest BCUT2D eigenvalue weighted by molar-refractivity contribution is -0.384. The Kier molecular flexibility index (Phi) is 6.27. The molecule has 0 unspecified atom stereocenters. The van der Waals surface area contributed by atoms with Crippen molar-refractivity contribution in [2.75, 3.05) is 17.2 Å². The quantitative estimate of drug-likeness (QED) is 0.376. The maximum atomic E-state index is 13.0. The number of carbonyl (C=O) groups excluding carboxylic acids is 1. The van der Waals surface area contributed by atoms with E-state index in [9.17, 15) is 29.3 Å². The Morgan fingerprint density at radius 2 is 1.97 bits per heavy atom. The molecule has 3 N–H and O–H groups in total. The molecule has 3 rings (SSSR count). The maximum Gasteiger partial charge on any atom is 0.420 e. The molecule has 13 nitrogen and oxygen atoms in total. The summed E-state index contributed by atoms with van der Waals surface area (Å²) in [5, 5.41) is 10.9. The number of unbranched alkanes of at least 4 members (excludes halogenated alkanes) is 1. The van der Waals surface area contributed by atoms with E-state index in [4.69, 9.17) is 10.2 Å². The van der Waals surface area contributed by atoms with Crippen molar-refractivity contribution in [2.24, 2.45) is 0 Å². The summed E-state index contributed by atoms with van der Waals surface area (Å²) in [5.74, 6) is -1.70. The molecule has 0 aliphatic rings. The van der Waals surface area contributed by atoms with Gasteiger partial charge in [0, 0.05) is 19.2 Å². The molecule has 0 aliphatic carbocycles. The maximum absolute atomic E-state index is 13.0. The van der Waals surface area contributed by atoms with E-state index in [0.717, 1.165) is 22.0 Å². The molecule has 13 heteroatoms. The number of carbonyl (C=O) groups is 1. The van der Waals surface area contributed by atoms with Gasteiger partial charge in [-0.2, -0.15) is 0 Å². The predicted molar refractivity (Wildman–Crippen MR) is 116 cm³/mol. The van der Waals surface area contributed by atoms with Crippen LogP contribution in [0.5, 0.6) is 0 Å². The lowest BCUT2D eigenvalue weighted by Gasteiger charge is -2.23. The van der Waals surface area contributed by atoms with E-state index < -0.39 is 34.4 Å². The van der Waals surface area contributed by atoms with Crippen molar-refractivity contribution in [3.05, 3.63) is 59.7 Å². The van der Waals surface area contributed by atoms with Crippen LogP contribution in [0.2, 0.25) is 0 Å². The molecule has 32 heavy (non-hydrogen) atoms. The summed E-state index contributed by atoms with van der Waals surface area (Å²) in [7, 11) is 0. The van der Waals surface area contributed by atoms with E-state index in [0.29, 0.717) is 6.42 Å². The van der Waals surface area contributed by atoms with Crippen LogP contribution in [0.3, 0.4) is 0 Å². The topological polar surface area (TPSA) is 179 Å². The van der Waals surface area contributed by atoms with Gasteiger partial charge in [0.05, 0.1) is 16.5 Å². The van der Waals surface area contributed by atoms with Gasteiger partial charge in [-0.3, -0.25) is 33.8 Å². The van der Waals surface area contributed by atoms with Crippen LogP contribution in [0.4, 0.5) is 17.2 Å². The number of hydrogen-bond acceptors (Lipinski definition) is 8. The van der Waals surface area contributed by atoms with Crippen molar-refractivity contribution in [3.63, 3.8) is 0 Å². The molecule has 1 aromatic carbocycles. The minimum atomic E-state index is -0.889. The third kappa shape index (κ3) is 4.04. The minimum Gasteiger partial charge on any atom is -0.407 e. The third-order valence-corrected chi connectivity index (χ3v) is 4.99. The highest BCUT2D eigenvalue weighted by atomic mass is 16.6. The number of fused-ring (bicyclic) bond motifs is 1. The number of oxazole rings is 1. The number of H-pyrrole nitrogens is 1. The first-order chi connectivity index (χ1) is 15.2. The molecule has 0 saturated heterocycles. The van der Waals surface area contributed by atoms with E-state index in [2.05, 4.69) is 4.98 Å². The van der Waals surface area contributed by atoms with Gasteiger partial charge in [0.2, 0.25) is 5.91 Å². The molecule has 0 saturated carbocycles. The number of amides is 1. The molecule has 0 spiro atoms. The number of benzene rings is 1. The second kappa shape index (κ2) is 8.91. The first-order valence-corrected chi connectivity index (χ1v) is 9.90. The fraction of sp³-hybridized carbons (Fsp3) is 0.368. The average molecular weight is 446 g/mol. The normalized spacial score (nSPS) is 11.1. The average Bonchev–Trinajstić information content (AvgIpc) is 3.04. The molecule has 1 amide bonds. The first kappa shape index (κ1) is 22.5. The van der Waals surface area contributed by atoms with Gasteiger partial charge in [0.15, 0.2) is 11.3 Å². The number of rotatable bonds is 8. The number of hydrogen-bond donors (Lipinski definition) is 2. The number of likely N-dealkylation sites (N-methyl/N-ethyl adjacent to an activating group) is 1. The summed E-state index contributed by atoms with van der Waals surface area (Å²) < 4.78 is 7.22. The van der Waals surface area contributed by atoms with E-state index >= 15 is 0 Å². The second-order valence-corrected chi connectivity index (χ2v) is 7.00. The van der Waals surface area contributed by atoms with Crippen molar-refractivity contribution >= 4 is 34.2 Å². The van der Waals surface area contributed by atoms with Crippen molar-refractivity contribution in [1.29, 1.82) is 0 Å². The Morgan fingerprint density at radius 1 is 1.25 bits per heavy atom. The highest BCUT2D eigenvalue weighted by Gasteiger charge is 2.25. The van der Waals surface area contributed by atoms with Crippen LogP contribution in [0.25, 0.3) is 11.1 Å². The monoisotopic (exact) mass is 446 g/mol. The molecule has 170 valence electrons. The first-order valence-electron chi connectivity index (χ1n) is 9.90. The fourth-order valence-corrected chi connectivity index (χ4v) is 3.37. The van der Waals surface area contributed by atoms with Gasteiger partial charge < -0.3 is 15.1 Å². The smallest absolute Gasteiger partial charge is 0.407 e.